The van der Waals surface area contributed by atoms with E-state index in [1.807, 2.05) is 41.5 Å². The fourth-order valence-corrected chi connectivity index (χ4v) is 1.50. The summed E-state index contributed by atoms with van der Waals surface area (Å²) < 4.78 is 16.2. The maximum Gasteiger partial charge on any atom is 0.308 e. The number of esters is 2. The van der Waals surface area contributed by atoms with Crippen molar-refractivity contribution >= 4 is 11.9 Å². The molecule has 0 aliphatic rings. The van der Waals surface area contributed by atoms with E-state index in [1.165, 1.54) is 0 Å². The van der Waals surface area contributed by atoms with Gasteiger partial charge in [0, 0.05) is 17.3 Å². The molecule has 0 spiro atoms. The third-order valence-electron chi connectivity index (χ3n) is 2.97. The van der Waals surface area contributed by atoms with Crippen molar-refractivity contribution in [2.24, 2.45) is 16.7 Å². The zero-order chi connectivity index (χ0) is 17.4. The molecule has 130 valence electrons. The van der Waals surface area contributed by atoms with Crippen LogP contribution in [0.3, 0.4) is 0 Å². The highest BCUT2D eigenvalue weighted by Gasteiger charge is 2.25. The molecule has 0 fully saturated rings. The number of ether oxygens (including phenoxy) is 3. The summed E-state index contributed by atoms with van der Waals surface area (Å²) in [5.74, 6) is -0.516. The Morgan fingerprint density at radius 1 is 0.864 bits per heavy atom. The SMILES string of the molecule is CCC(=O)OCC(C)(C)COCC(C)(C)COC(=O)C(C)C. The van der Waals surface area contributed by atoms with Crippen molar-refractivity contribution in [3.05, 3.63) is 0 Å². The first-order valence-electron chi connectivity index (χ1n) is 7.89. The summed E-state index contributed by atoms with van der Waals surface area (Å²) in [7, 11) is 0. The van der Waals surface area contributed by atoms with Crippen LogP contribution in [0.2, 0.25) is 0 Å². The van der Waals surface area contributed by atoms with Crippen LogP contribution in [-0.2, 0) is 23.8 Å². The molecule has 0 aromatic heterocycles. The summed E-state index contributed by atoms with van der Waals surface area (Å²) in [4.78, 5) is 22.7. The van der Waals surface area contributed by atoms with Gasteiger partial charge in [-0.1, -0.05) is 48.5 Å². The second kappa shape index (κ2) is 9.13. The van der Waals surface area contributed by atoms with E-state index < -0.39 is 0 Å². The molecule has 0 aliphatic carbocycles. The molecule has 5 heteroatoms. The normalized spacial score (nSPS) is 12.4. The van der Waals surface area contributed by atoms with Crippen molar-refractivity contribution in [1.29, 1.82) is 0 Å². The Morgan fingerprint density at radius 2 is 1.32 bits per heavy atom. The van der Waals surface area contributed by atoms with Gasteiger partial charge in [0.2, 0.25) is 0 Å². The Kier molecular flexibility index (Phi) is 8.68. The van der Waals surface area contributed by atoms with Gasteiger partial charge in [0.15, 0.2) is 0 Å². The summed E-state index contributed by atoms with van der Waals surface area (Å²) >= 11 is 0. The first kappa shape index (κ1) is 20.9. The summed E-state index contributed by atoms with van der Waals surface area (Å²) in [5.41, 5.74) is -0.490. The molecule has 0 aromatic rings. The second-order valence-corrected chi connectivity index (χ2v) is 7.60. The number of carbonyl (C=O) groups is 2. The Hall–Kier alpha value is -1.10. The zero-order valence-electron chi connectivity index (χ0n) is 15.2. The first-order chi connectivity index (χ1) is 9.99. The quantitative estimate of drug-likeness (QED) is 0.579. The van der Waals surface area contributed by atoms with Crippen molar-refractivity contribution < 1.29 is 23.8 Å². The molecule has 0 heterocycles. The molecular formula is C17H32O5. The first-order valence-corrected chi connectivity index (χ1v) is 7.89. The van der Waals surface area contributed by atoms with E-state index in [2.05, 4.69) is 0 Å². The third-order valence-corrected chi connectivity index (χ3v) is 2.97. The molecule has 0 atom stereocenters. The van der Waals surface area contributed by atoms with Crippen LogP contribution >= 0.6 is 0 Å². The molecule has 0 amide bonds. The van der Waals surface area contributed by atoms with E-state index >= 15 is 0 Å². The number of hydrogen-bond donors (Lipinski definition) is 0. The molecule has 0 rings (SSSR count). The lowest BCUT2D eigenvalue weighted by atomic mass is 9.94. The van der Waals surface area contributed by atoms with Gasteiger partial charge in [0.05, 0.1) is 32.3 Å². The zero-order valence-corrected chi connectivity index (χ0v) is 15.2. The van der Waals surface area contributed by atoms with Crippen molar-refractivity contribution in [2.75, 3.05) is 26.4 Å². The summed E-state index contributed by atoms with van der Waals surface area (Å²) in [5, 5.41) is 0. The Labute approximate surface area is 134 Å². The fourth-order valence-electron chi connectivity index (χ4n) is 1.50. The molecule has 22 heavy (non-hydrogen) atoms. The standard InChI is InChI=1S/C17H32O5/c1-8-14(18)21-11-16(4,5)9-20-10-17(6,7)12-22-15(19)13(2)3/h13H,8-12H2,1-7H3. The minimum absolute atomic E-state index is 0.121. The molecule has 0 radical (unpaired) electrons. The third kappa shape index (κ3) is 9.77. The topological polar surface area (TPSA) is 61.8 Å². The van der Waals surface area contributed by atoms with Gasteiger partial charge in [0.25, 0.3) is 0 Å². The largest absolute Gasteiger partial charge is 0.465 e. The average Bonchev–Trinajstić information content (AvgIpc) is 2.41. The van der Waals surface area contributed by atoms with Crippen LogP contribution < -0.4 is 0 Å². The van der Waals surface area contributed by atoms with Crippen LogP contribution in [0.25, 0.3) is 0 Å². The highest BCUT2D eigenvalue weighted by atomic mass is 16.5. The number of rotatable bonds is 10. The summed E-state index contributed by atoms with van der Waals surface area (Å²) in [6, 6.07) is 0. The lowest BCUT2D eigenvalue weighted by Crippen LogP contribution is -2.32. The van der Waals surface area contributed by atoms with Gasteiger partial charge >= 0.3 is 11.9 Å². The van der Waals surface area contributed by atoms with Crippen molar-refractivity contribution in [3.8, 4) is 0 Å². The van der Waals surface area contributed by atoms with Crippen molar-refractivity contribution in [3.63, 3.8) is 0 Å². The Bertz CT molecular complexity index is 358. The van der Waals surface area contributed by atoms with E-state index in [4.69, 9.17) is 14.2 Å². The minimum Gasteiger partial charge on any atom is -0.465 e. The summed E-state index contributed by atoms with van der Waals surface area (Å²) in [6.07, 6.45) is 0.380. The lowest BCUT2D eigenvalue weighted by molar-refractivity contribution is -0.152. The van der Waals surface area contributed by atoms with Gasteiger partial charge in [-0.15, -0.1) is 0 Å². The molecule has 0 unspecified atom stereocenters. The summed E-state index contributed by atoms with van der Waals surface area (Å²) in [6.45, 7) is 15.0. The van der Waals surface area contributed by atoms with E-state index in [1.54, 1.807) is 6.92 Å². The monoisotopic (exact) mass is 316 g/mol. The molecule has 0 saturated heterocycles. The van der Waals surface area contributed by atoms with Gasteiger partial charge in [0.1, 0.15) is 0 Å². The van der Waals surface area contributed by atoms with E-state index in [0.717, 1.165) is 0 Å². The van der Waals surface area contributed by atoms with Gasteiger partial charge < -0.3 is 14.2 Å². The highest BCUT2D eigenvalue weighted by molar-refractivity contribution is 5.71. The Morgan fingerprint density at radius 3 is 1.73 bits per heavy atom. The van der Waals surface area contributed by atoms with Crippen LogP contribution in [0, 0.1) is 16.7 Å². The predicted octanol–water partition coefficient (Wildman–Crippen LogP) is 3.21. The van der Waals surface area contributed by atoms with Crippen LogP contribution in [0.15, 0.2) is 0 Å². The second-order valence-electron chi connectivity index (χ2n) is 7.60. The van der Waals surface area contributed by atoms with E-state index in [0.29, 0.717) is 32.8 Å². The smallest absolute Gasteiger partial charge is 0.308 e. The van der Waals surface area contributed by atoms with Crippen LogP contribution in [-0.4, -0.2) is 38.4 Å². The molecular weight excluding hydrogens is 284 g/mol. The molecule has 5 nitrogen and oxygen atoms in total. The van der Waals surface area contributed by atoms with Gasteiger partial charge in [-0.05, 0) is 0 Å². The highest BCUT2D eigenvalue weighted by Crippen LogP contribution is 2.21. The molecule has 0 saturated carbocycles. The average molecular weight is 316 g/mol. The van der Waals surface area contributed by atoms with E-state index in [9.17, 15) is 9.59 Å². The predicted molar refractivity (Wildman–Crippen MR) is 85.4 cm³/mol. The van der Waals surface area contributed by atoms with E-state index in [-0.39, 0.29) is 28.7 Å². The Balaban J connectivity index is 4.09. The maximum atomic E-state index is 11.5. The van der Waals surface area contributed by atoms with Crippen LogP contribution in [0.1, 0.15) is 54.9 Å². The number of hydrogen-bond acceptors (Lipinski definition) is 5. The minimum atomic E-state index is -0.249. The molecule has 0 bridgehead atoms. The lowest BCUT2D eigenvalue weighted by Gasteiger charge is -2.28. The molecule has 0 aromatic carbocycles. The fraction of sp³-hybridized carbons (Fsp3) is 0.882. The van der Waals surface area contributed by atoms with Gasteiger partial charge in [-0.25, -0.2) is 0 Å². The maximum absolute atomic E-state index is 11.5. The van der Waals surface area contributed by atoms with Crippen LogP contribution in [0.4, 0.5) is 0 Å². The van der Waals surface area contributed by atoms with Gasteiger partial charge in [-0.2, -0.15) is 0 Å². The van der Waals surface area contributed by atoms with Crippen molar-refractivity contribution in [2.45, 2.75) is 54.9 Å². The molecule has 0 N–H and O–H groups in total. The van der Waals surface area contributed by atoms with Crippen molar-refractivity contribution in [1.82, 2.24) is 0 Å². The molecule has 0 aliphatic heterocycles. The van der Waals surface area contributed by atoms with Gasteiger partial charge in [-0.3, -0.25) is 9.59 Å². The number of carbonyl (C=O) groups excluding carboxylic acids is 2. The van der Waals surface area contributed by atoms with Crippen LogP contribution in [0.5, 0.6) is 0 Å².